The van der Waals surface area contributed by atoms with E-state index >= 15 is 0 Å². The van der Waals surface area contributed by atoms with Crippen LogP contribution >= 0.6 is 0 Å². The largest absolute Gasteiger partial charge is 0.494 e. The van der Waals surface area contributed by atoms with Gasteiger partial charge in [0.15, 0.2) is 0 Å². The van der Waals surface area contributed by atoms with E-state index in [1.165, 1.54) is 50.9 Å². The van der Waals surface area contributed by atoms with E-state index in [9.17, 15) is 5.11 Å². The van der Waals surface area contributed by atoms with Crippen LogP contribution in [0.4, 0.5) is 0 Å². The monoisotopic (exact) mass is 414 g/mol. The highest BCUT2D eigenvalue weighted by molar-refractivity contribution is 5.29. The number of rotatable bonds is 9. The van der Waals surface area contributed by atoms with E-state index in [-0.39, 0.29) is 12.2 Å². The minimum atomic E-state index is 0.0144. The second-order valence-corrected chi connectivity index (χ2v) is 9.99. The van der Waals surface area contributed by atoms with Crippen molar-refractivity contribution >= 4 is 0 Å². The molecule has 0 amide bonds. The van der Waals surface area contributed by atoms with E-state index in [1.54, 1.807) is 0 Å². The van der Waals surface area contributed by atoms with Gasteiger partial charge in [-0.1, -0.05) is 18.6 Å². The summed E-state index contributed by atoms with van der Waals surface area (Å²) in [5.74, 6) is 1.83. The van der Waals surface area contributed by atoms with E-state index in [0.29, 0.717) is 17.9 Å². The van der Waals surface area contributed by atoms with Crippen LogP contribution in [0.5, 0.6) is 5.75 Å². The van der Waals surface area contributed by atoms with Gasteiger partial charge in [0.05, 0.1) is 18.3 Å². The number of hydrogen-bond donors (Lipinski definition) is 1. The van der Waals surface area contributed by atoms with Crippen LogP contribution in [0.15, 0.2) is 24.3 Å². The van der Waals surface area contributed by atoms with Crippen molar-refractivity contribution in [2.45, 2.75) is 63.2 Å². The first-order valence-corrected chi connectivity index (χ1v) is 12.2. The third-order valence-corrected chi connectivity index (χ3v) is 7.96. The molecule has 0 aromatic heterocycles. The smallest absolute Gasteiger partial charge is 0.119 e. The van der Waals surface area contributed by atoms with Gasteiger partial charge < -0.3 is 19.5 Å². The molecule has 4 atom stereocenters. The summed E-state index contributed by atoms with van der Waals surface area (Å²) in [6, 6.07) is 8.61. The Morgan fingerprint density at radius 1 is 1.13 bits per heavy atom. The lowest BCUT2D eigenvalue weighted by atomic mass is 9.74. The molecule has 0 unspecified atom stereocenters. The SMILES string of the molecule is OC[C@H]1[C@H]2CN(Cc3cccc(OCCCCN4CCCCC4)c3)C[C@]23CC[C@H]1O3. The highest BCUT2D eigenvalue weighted by Crippen LogP contribution is 2.54. The van der Waals surface area contributed by atoms with Crippen LogP contribution in [0.3, 0.4) is 0 Å². The van der Waals surface area contributed by atoms with Crippen LogP contribution in [0, 0.1) is 11.8 Å². The minimum absolute atomic E-state index is 0.0144. The first-order chi connectivity index (χ1) is 14.8. The number of aliphatic hydroxyl groups is 1. The molecule has 1 spiro atoms. The molecular weight excluding hydrogens is 376 g/mol. The molecular formula is C25H38N2O3. The van der Waals surface area contributed by atoms with E-state index in [4.69, 9.17) is 9.47 Å². The maximum Gasteiger partial charge on any atom is 0.119 e. The topological polar surface area (TPSA) is 45.2 Å². The third-order valence-electron chi connectivity index (χ3n) is 7.96. The van der Waals surface area contributed by atoms with Crippen molar-refractivity contribution in [2.75, 3.05) is 45.9 Å². The van der Waals surface area contributed by atoms with Gasteiger partial charge in [-0.05, 0) is 75.9 Å². The summed E-state index contributed by atoms with van der Waals surface area (Å²) >= 11 is 0. The van der Waals surface area contributed by atoms with Gasteiger partial charge in [-0.15, -0.1) is 0 Å². The maximum atomic E-state index is 9.82. The molecule has 4 saturated heterocycles. The molecule has 5 rings (SSSR count). The minimum Gasteiger partial charge on any atom is -0.494 e. The number of hydrogen-bond acceptors (Lipinski definition) is 5. The predicted octanol–water partition coefficient (Wildman–Crippen LogP) is 3.30. The van der Waals surface area contributed by atoms with Crippen molar-refractivity contribution in [3.63, 3.8) is 0 Å². The summed E-state index contributed by atoms with van der Waals surface area (Å²) in [5, 5.41) is 9.82. The molecule has 1 N–H and O–H groups in total. The highest BCUT2D eigenvalue weighted by atomic mass is 16.5. The summed E-state index contributed by atoms with van der Waals surface area (Å²) in [6.45, 7) is 7.86. The summed E-state index contributed by atoms with van der Waals surface area (Å²) in [6.07, 6.45) is 9.08. The standard InChI is InChI=1S/C25H38N2O3/c28-18-22-23-17-27(19-25(23)10-9-24(22)30-25)16-20-7-6-8-21(15-20)29-14-5-4-13-26-11-2-1-3-12-26/h6-8,15,22-24,28H,1-5,9-14,16-19H2/t22-,23+,24+,25+/m0/s1. The number of nitrogens with zero attached hydrogens (tertiary/aromatic N) is 2. The van der Waals surface area contributed by atoms with Crippen LogP contribution in [0.25, 0.3) is 0 Å². The molecule has 5 heteroatoms. The Morgan fingerprint density at radius 2 is 2.03 bits per heavy atom. The number of piperidine rings is 1. The highest BCUT2D eigenvalue weighted by Gasteiger charge is 2.62. The van der Waals surface area contributed by atoms with E-state index in [1.807, 2.05) is 0 Å². The van der Waals surface area contributed by atoms with Gasteiger partial charge in [0.1, 0.15) is 5.75 Å². The molecule has 0 aliphatic carbocycles. The first-order valence-electron chi connectivity index (χ1n) is 12.2. The van der Waals surface area contributed by atoms with Gasteiger partial charge >= 0.3 is 0 Å². The van der Waals surface area contributed by atoms with E-state index in [2.05, 4.69) is 34.1 Å². The number of aliphatic hydroxyl groups excluding tert-OH is 1. The lowest BCUT2D eigenvalue weighted by Crippen LogP contribution is -2.37. The summed E-state index contributed by atoms with van der Waals surface area (Å²) in [7, 11) is 0. The summed E-state index contributed by atoms with van der Waals surface area (Å²) in [4.78, 5) is 5.12. The third kappa shape index (κ3) is 4.27. The maximum absolute atomic E-state index is 9.82. The fourth-order valence-electron chi connectivity index (χ4n) is 6.45. The summed E-state index contributed by atoms with van der Waals surface area (Å²) in [5.41, 5.74) is 1.33. The molecule has 4 aliphatic rings. The van der Waals surface area contributed by atoms with Gasteiger partial charge in [-0.2, -0.15) is 0 Å². The molecule has 5 nitrogen and oxygen atoms in total. The van der Waals surface area contributed by atoms with Gasteiger partial charge in [-0.3, -0.25) is 4.90 Å². The number of ether oxygens (including phenoxy) is 2. The zero-order valence-electron chi connectivity index (χ0n) is 18.3. The Kier molecular flexibility index (Phi) is 6.33. The van der Waals surface area contributed by atoms with Gasteiger partial charge in [0.25, 0.3) is 0 Å². The molecule has 30 heavy (non-hydrogen) atoms. The second kappa shape index (κ2) is 9.15. The van der Waals surface area contributed by atoms with Crippen molar-refractivity contribution in [3.05, 3.63) is 29.8 Å². The Labute approximate surface area is 181 Å². The Balaban J connectivity index is 1.07. The fourth-order valence-corrected chi connectivity index (χ4v) is 6.45. The quantitative estimate of drug-likeness (QED) is 0.628. The van der Waals surface area contributed by atoms with Gasteiger partial charge in [0, 0.05) is 38.1 Å². The van der Waals surface area contributed by atoms with Crippen molar-refractivity contribution in [1.29, 1.82) is 0 Å². The average molecular weight is 415 g/mol. The van der Waals surface area contributed by atoms with Crippen LogP contribution in [-0.4, -0.2) is 72.5 Å². The Morgan fingerprint density at radius 3 is 2.90 bits per heavy atom. The van der Waals surface area contributed by atoms with Crippen LogP contribution in [-0.2, 0) is 11.3 Å². The molecule has 0 saturated carbocycles. The number of likely N-dealkylation sites (tertiary alicyclic amines) is 2. The molecule has 166 valence electrons. The summed E-state index contributed by atoms with van der Waals surface area (Å²) < 4.78 is 12.4. The van der Waals surface area contributed by atoms with Crippen molar-refractivity contribution in [1.82, 2.24) is 9.80 Å². The number of benzene rings is 1. The Bertz CT molecular complexity index is 707. The molecule has 1 aromatic carbocycles. The number of fused-ring (bicyclic) bond motifs is 1. The van der Waals surface area contributed by atoms with Crippen molar-refractivity contribution < 1.29 is 14.6 Å². The molecule has 4 fully saturated rings. The molecule has 4 aliphatic heterocycles. The van der Waals surface area contributed by atoms with Gasteiger partial charge in [0.2, 0.25) is 0 Å². The normalized spacial score (nSPS) is 33.8. The van der Waals surface area contributed by atoms with Crippen LogP contribution in [0.2, 0.25) is 0 Å². The lowest BCUT2D eigenvalue weighted by Gasteiger charge is -2.28. The first kappa shape index (κ1) is 20.7. The van der Waals surface area contributed by atoms with E-state index in [0.717, 1.165) is 51.3 Å². The zero-order chi connectivity index (χ0) is 20.4. The predicted molar refractivity (Wildman–Crippen MR) is 118 cm³/mol. The lowest BCUT2D eigenvalue weighted by molar-refractivity contribution is 0.000379. The molecule has 1 aromatic rings. The van der Waals surface area contributed by atoms with Gasteiger partial charge in [-0.25, -0.2) is 0 Å². The van der Waals surface area contributed by atoms with Crippen molar-refractivity contribution in [2.24, 2.45) is 11.8 Å². The Hall–Kier alpha value is -1.14. The van der Waals surface area contributed by atoms with Crippen molar-refractivity contribution in [3.8, 4) is 5.75 Å². The second-order valence-electron chi connectivity index (χ2n) is 9.99. The van der Waals surface area contributed by atoms with Crippen LogP contribution in [0.1, 0.15) is 50.5 Å². The number of unbranched alkanes of at least 4 members (excludes halogenated alkanes) is 1. The fraction of sp³-hybridized carbons (Fsp3) is 0.760. The van der Waals surface area contributed by atoms with E-state index < -0.39 is 0 Å². The molecule has 0 radical (unpaired) electrons. The van der Waals surface area contributed by atoms with Crippen LogP contribution < -0.4 is 4.74 Å². The zero-order valence-corrected chi connectivity index (χ0v) is 18.3. The average Bonchev–Trinajstić information content (AvgIpc) is 3.42. The molecule has 4 heterocycles. The molecule has 2 bridgehead atoms.